The lowest BCUT2D eigenvalue weighted by atomic mass is 10.1. The Morgan fingerprint density at radius 1 is 0.943 bits per heavy atom. The number of hydrogen-bond acceptors (Lipinski definition) is 6. The van der Waals surface area contributed by atoms with E-state index in [-0.39, 0.29) is 24.3 Å². The highest BCUT2D eigenvalue weighted by atomic mass is 16.5. The average Bonchev–Trinajstić information content (AvgIpc) is 2.90. The Bertz CT molecular complexity index is 986. The molecule has 0 saturated carbocycles. The van der Waals surface area contributed by atoms with Crippen molar-refractivity contribution in [3.63, 3.8) is 0 Å². The number of carbonyl (C=O) groups is 3. The van der Waals surface area contributed by atoms with E-state index in [1.165, 1.54) is 4.90 Å². The van der Waals surface area contributed by atoms with Crippen LogP contribution in [0.1, 0.15) is 23.7 Å². The number of hydrogen-bond donors (Lipinski definition) is 1. The van der Waals surface area contributed by atoms with Crippen LogP contribution in [0.2, 0.25) is 0 Å². The van der Waals surface area contributed by atoms with E-state index >= 15 is 0 Å². The quantitative estimate of drug-likeness (QED) is 0.560. The summed E-state index contributed by atoms with van der Waals surface area (Å²) in [5, 5.41) is 2.85. The molecule has 9 nitrogen and oxygen atoms in total. The van der Waals surface area contributed by atoms with Gasteiger partial charge in [0.1, 0.15) is 5.75 Å². The Hall–Kier alpha value is -3.59. The molecule has 0 bridgehead atoms. The molecule has 3 rings (SSSR count). The number of methoxy groups -OCH3 is 2. The molecule has 1 saturated heterocycles. The molecule has 188 valence electrons. The summed E-state index contributed by atoms with van der Waals surface area (Å²) in [7, 11) is 3.17. The molecule has 1 aliphatic heterocycles. The summed E-state index contributed by atoms with van der Waals surface area (Å²) >= 11 is 0. The normalized spacial score (nSPS) is 13.3. The zero-order valence-corrected chi connectivity index (χ0v) is 20.7. The number of ether oxygens (including phenoxy) is 2. The molecular weight excluding hydrogens is 448 g/mol. The van der Waals surface area contributed by atoms with Gasteiger partial charge in [-0.2, -0.15) is 0 Å². The van der Waals surface area contributed by atoms with Crippen LogP contribution in [0, 0.1) is 0 Å². The van der Waals surface area contributed by atoms with Crippen LogP contribution in [0.5, 0.6) is 5.75 Å². The number of carbonyl (C=O) groups excluding carboxylic acids is 3. The summed E-state index contributed by atoms with van der Waals surface area (Å²) in [5.74, 6) is 0.411. The van der Waals surface area contributed by atoms with Gasteiger partial charge in [-0.05, 0) is 48.5 Å². The van der Waals surface area contributed by atoms with E-state index < -0.39 is 0 Å². The predicted octanol–water partition coefficient (Wildman–Crippen LogP) is 2.48. The molecule has 1 N–H and O–H groups in total. The maximum Gasteiger partial charge on any atom is 0.253 e. The van der Waals surface area contributed by atoms with Gasteiger partial charge in [-0.25, -0.2) is 0 Å². The zero-order valence-electron chi connectivity index (χ0n) is 20.7. The van der Waals surface area contributed by atoms with Gasteiger partial charge >= 0.3 is 0 Å². The summed E-state index contributed by atoms with van der Waals surface area (Å²) in [6.45, 7) is 5.23. The molecule has 1 fully saturated rings. The lowest BCUT2D eigenvalue weighted by Gasteiger charge is -2.36. The molecule has 0 aromatic heterocycles. The van der Waals surface area contributed by atoms with Crippen molar-refractivity contribution in [2.45, 2.75) is 13.3 Å². The smallest absolute Gasteiger partial charge is 0.253 e. The van der Waals surface area contributed by atoms with Gasteiger partial charge in [-0.3, -0.25) is 14.4 Å². The molecule has 2 aromatic carbocycles. The van der Waals surface area contributed by atoms with Crippen LogP contribution < -0.4 is 15.0 Å². The van der Waals surface area contributed by atoms with Gasteiger partial charge in [0.15, 0.2) is 0 Å². The molecule has 0 radical (unpaired) electrons. The summed E-state index contributed by atoms with van der Waals surface area (Å²) in [6.07, 6.45) is 0.338. The van der Waals surface area contributed by atoms with Gasteiger partial charge in [0.2, 0.25) is 11.8 Å². The number of nitrogens with one attached hydrogen (secondary N) is 1. The number of piperazine rings is 1. The maximum absolute atomic E-state index is 12.8. The van der Waals surface area contributed by atoms with E-state index in [2.05, 4.69) is 10.2 Å². The Labute approximate surface area is 206 Å². The first-order valence-electron chi connectivity index (χ1n) is 11.8. The van der Waals surface area contributed by atoms with E-state index in [0.717, 1.165) is 24.5 Å². The maximum atomic E-state index is 12.8. The Morgan fingerprint density at radius 2 is 1.60 bits per heavy atom. The van der Waals surface area contributed by atoms with Crippen LogP contribution >= 0.6 is 0 Å². The molecule has 1 aliphatic rings. The van der Waals surface area contributed by atoms with E-state index in [4.69, 9.17) is 9.47 Å². The van der Waals surface area contributed by atoms with Crippen LogP contribution in [-0.2, 0) is 14.3 Å². The average molecular weight is 483 g/mol. The minimum Gasteiger partial charge on any atom is -0.497 e. The van der Waals surface area contributed by atoms with Crippen LogP contribution in [0.4, 0.5) is 11.4 Å². The van der Waals surface area contributed by atoms with Crippen molar-refractivity contribution < 1.29 is 23.9 Å². The molecule has 1 heterocycles. The van der Waals surface area contributed by atoms with Crippen LogP contribution in [-0.4, -0.2) is 87.6 Å². The van der Waals surface area contributed by atoms with E-state index in [0.29, 0.717) is 43.9 Å². The fraction of sp³-hybridized carbons (Fsp3) is 0.423. The fourth-order valence-corrected chi connectivity index (χ4v) is 3.93. The molecule has 9 heteroatoms. The van der Waals surface area contributed by atoms with Gasteiger partial charge in [-0.1, -0.05) is 6.92 Å². The number of nitrogens with zero attached hydrogens (tertiary/aromatic N) is 3. The SMILES string of the molecule is CCC(=O)N(CCOC)CC(=O)Nc1ccc(N2CCN(C(=O)c3ccc(OC)cc3)CC2)cc1. The zero-order chi connectivity index (χ0) is 25.2. The summed E-state index contributed by atoms with van der Waals surface area (Å²) in [5.41, 5.74) is 2.35. The molecule has 35 heavy (non-hydrogen) atoms. The Kier molecular flexibility index (Phi) is 9.48. The lowest BCUT2D eigenvalue weighted by Crippen LogP contribution is -2.48. The second-order valence-corrected chi connectivity index (χ2v) is 8.26. The Morgan fingerprint density at radius 3 is 2.17 bits per heavy atom. The third-order valence-corrected chi connectivity index (χ3v) is 5.98. The van der Waals surface area contributed by atoms with Crippen LogP contribution in [0.25, 0.3) is 0 Å². The first-order chi connectivity index (χ1) is 16.9. The topological polar surface area (TPSA) is 91.4 Å². The third-order valence-electron chi connectivity index (χ3n) is 5.98. The van der Waals surface area contributed by atoms with Gasteiger partial charge < -0.3 is 29.5 Å². The van der Waals surface area contributed by atoms with E-state index in [9.17, 15) is 14.4 Å². The number of amides is 3. The predicted molar refractivity (Wildman–Crippen MR) is 135 cm³/mol. The van der Waals surface area contributed by atoms with Gasteiger partial charge in [0.05, 0.1) is 20.3 Å². The highest BCUT2D eigenvalue weighted by molar-refractivity contribution is 5.95. The van der Waals surface area contributed by atoms with Crippen molar-refractivity contribution in [1.29, 1.82) is 0 Å². The summed E-state index contributed by atoms with van der Waals surface area (Å²) in [6, 6.07) is 14.8. The van der Waals surface area contributed by atoms with Crippen molar-refractivity contribution in [3.8, 4) is 5.75 Å². The largest absolute Gasteiger partial charge is 0.497 e. The molecule has 2 aromatic rings. The summed E-state index contributed by atoms with van der Waals surface area (Å²) < 4.78 is 10.2. The van der Waals surface area contributed by atoms with Gasteiger partial charge in [0, 0.05) is 63.2 Å². The van der Waals surface area contributed by atoms with Gasteiger partial charge in [0.25, 0.3) is 5.91 Å². The first-order valence-corrected chi connectivity index (χ1v) is 11.8. The number of rotatable bonds is 10. The fourth-order valence-electron chi connectivity index (χ4n) is 3.93. The molecule has 0 aliphatic carbocycles. The highest BCUT2D eigenvalue weighted by Gasteiger charge is 2.22. The second-order valence-electron chi connectivity index (χ2n) is 8.26. The number of anilines is 2. The summed E-state index contributed by atoms with van der Waals surface area (Å²) in [4.78, 5) is 42.9. The highest BCUT2D eigenvalue weighted by Crippen LogP contribution is 2.21. The van der Waals surface area contributed by atoms with Crippen molar-refractivity contribution in [2.75, 3.05) is 70.3 Å². The molecule has 3 amide bonds. The van der Waals surface area contributed by atoms with Crippen molar-refractivity contribution in [3.05, 3.63) is 54.1 Å². The van der Waals surface area contributed by atoms with E-state index in [1.807, 2.05) is 29.2 Å². The second kappa shape index (κ2) is 12.8. The van der Waals surface area contributed by atoms with Crippen molar-refractivity contribution in [1.82, 2.24) is 9.80 Å². The lowest BCUT2D eigenvalue weighted by molar-refractivity contribution is -0.135. The van der Waals surface area contributed by atoms with Crippen molar-refractivity contribution in [2.24, 2.45) is 0 Å². The molecule has 0 atom stereocenters. The third kappa shape index (κ3) is 7.19. The monoisotopic (exact) mass is 482 g/mol. The standard InChI is InChI=1S/C26H34N4O5/c1-4-25(32)30(17-18-34-2)19-24(31)27-21-7-9-22(10-8-21)28-13-15-29(16-14-28)26(33)20-5-11-23(35-3)12-6-20/h5-12H,4,13-19H2,1-3H3,(H,27,31). The minimum atomic E-state index is -0.249. The number of benzene rings is 2. The molecule has 0 unspecified atom stereocenters. The van der Waals surface area contributed by atoms with Crippen LogP contribution in [0.3, 0.4) is 0 Å². The molecular formula is C26H34N4O5. The van der Waals surface area contributed by atoms with E-state index in [1.54, 1.807) is 45.4 Å². The van der Waals surface area contributed by atoms with Crippen LogP contribution in [0.15, 0.2) is 48.5 Å². The van der Waals surface area contributed by atoms with Gasteiger partial charge in [-0.15, -0.1) is 0 Å². The molecule has 0 spiro atoms. The first kappa shape index (κ1) is 26.0. The minimum absolute atomic E-state index is 0.0119. The van der Waals surface area contributed by atoms with Crippen molar-refractivity contribution >= 4 is 29.1 Å². The Balaban J connectivity index is 1.50.